The second-order valence-corrected chi connectivity index (χ2v) is 9.49. The van der Waals surface area contributed by atoms with Crippen molar-refractivity contribution in [2.24, 2.45) is 11.3 Å². The minimum Gasteiger partial charge on any atom is -0.496 e. The Balaban J connectivity index is 1.48. The van der Waals surface area contributed by atoms with Crippen LogP contribution in [0.2, 0.25) is 0 Å². The number of alkyl halides is 3. The molecule has 0 radical (unpaired) electrons. The van der Waals surface area contributed by atoms with E-state index < -0.39 is 11.7 Å². The number of halogens is 3. The highest BCUT2D eigenvalue weighted by Crippen LogP contribution is 2.63. The molecule has 3 unspecified atom stereocenters. The van der Waals surface area contributed by atoms with Gasteiger partial charge in [-0.1, -0.05) is 30.3 Å². The van der Waals surface area contributed by atoms with Gasteiger partial charge in [0.25, 0.3) is 0 Å². The van der Waals surface area contributed by atoms with Crippen molar-refractivity contribution in [3.05, 3.63) is 64.7 Å². The molecule has 1 saturated carbocycles. The molecule has 1 saturated heterocycles. The minimum atomic E-state index is -4.50. The van der Waals surface area contributed by atoms with E-state index in [4.69, 9.17) is 9.47 Å². The Kier molecular flexibility index (Phi) is 5.26. The van der Waals surface area contributed by atoms with Gasteiger partial charge in [-0.05, 0) is 61.1 Å². The van der Waals surface area contributed by atoms with Gasteiger partial charge in [-0.2, -0.15) is 13.2 Å². The maximum Gasteiger partial charge on any atom is 0.410 e. The average Bonchev–Trinajstić information content (AvgIpc) is 3.39. The fourth-order valence-electron chi connectivity index (χ4n) is 5.55. The van der Waals surface area contributed by atoms with Crippen LogP contribution in [0.15, 0.2) is 42.5 Å². The van der Waals surface area contributed by atoms with Gasteiger partial charge in [0, 0.05) is 23.6 Å². The normalized spacial score (nSPS) is 28.5. The topological polar surface area (TPSA) is 42.5 Å². The Morgan fingerprint density at radius 2 is 1.97 bits per heavy atom. The number of rotatable bonds is 6. The lowest BCUT2D eigenvalue weighted by Crippen LogP contribution is -2.54. The minimum absolute atomic E-state index is 0.0533. The summed E-state index contributed by atoms with van der Waals surface area (Å²) in [4.78, 5) is 0. The van der Waals surface area contributed by atoms with Gasteiger partial charge in [-0.3, -0.25) is 5.32 Å². The molecule has 5 rings (SSSR count). The lowest BCUT2D eigenvalue weighted by atomic mass is 9.84. The molecule has 2 fully saturated rings. The van der Waals surface area contributed by atoms with Crippen LogP contribution in [0, 0.1) is 11.3 Å². The van der Waals surface area contributed by atoms with Crippen LogP contribution in [0.3, 0.4) is 0 Å². The molecule has 0 spiro atoms. The number of piperidine rings is 1. The first-order valence-electron chi connectivity index (χ1n) is 11.2. The van der Waals surface area contributed by atoms with Crippen LogP contribution < -0.4 is 15.4 Å². The van der Waals surface area contributed by atoms with E-state index in [9.17, 15) is 13.2 Å². The average molecular weight is 447 g/mol. The molecular weight excluding hydrogens is 417 g/mol. The van der Waals surface area contributed by atoms with Crippen LogP contribution >= 0.6 is 0 Å². The zero-order valence-corrected chi connectivity index (χ0v) is 18.4. The molecule has 2 aliphatic heterocycles. The molecule has 2 aromatic carbocycles. The number of methoxy groups -OCH3 is 1. The summed E-state index contributed by atoms with van der Waals surface area (Å²) in [7, 11) is 1.43. The number of ether oxygens (including phenoxy) is 2. The Morgan fingerprint density at radius 3 is 2.66 bits per heavy atom. The van der Waals surface area contributed by atoms with Crippen molar-refractivity contribution < 1.29 is 22.6 Å². The monoisotopic (exact) mass is 446 g/mol. The fraction of sp³-hybridized carbons (Fsp3) is 0.520. The molecule has 0 aromatic heterocycles. The molecule has 32 heavy (non-hydrogen) atoms. The molecule has 4 nitrogen and oxygen atoms in total. The highest BCUT2D eigenvalue weighted by molar-refractivity contribution is 5.48. The lowest BCUT2D eigenvalue weighted by molar-refractivity contribution is -0.196. The van der Waals surface area contributed by atoms with Gasteiger partial charge in [0.2, 0.25) is 0 Å². The third kappa shape index (κ3) is 3.42. The molecule has 172 valence electrons. The van der Waals surface area contributed by atoms with E-state index in [2.05, 4.69) is 22.8 Å². The number of nitrogens with one attached hydrogen (secondary N) is 2. The maximum absolute atomic E-state index is 14.6. The van der Waals surface area contributed by atoms with E-state index >= 15 is 0 Å². The van der Waals surface area contributed by atoms with E-state index in [1.165, 1.54) is 14.0 Å². The molecule has 2 aromatic rings. The zero-order valence-electron chi connectivity index (χ0n) is 18.4. The van der Waals surface area contributed by atoms with Gasteiger partial charge >= 0.3 is 6.18 Å². The van der Waals surface area contributed by atoms with Gasteiger partial charge in [-0.15, -0.1) is 0 Å². The van der Waals surface area contributed by atoms with Crippen LogP contribution in [0.5, 0.6) is 5.75 Å². The van der Waals surface area contributed by atoms with Crippen LogP contribution in [0.4, 0.5) is 13.2 Å². The quantitative estimate of drug-likeness (QED) is 0.687. The van der Waals surface area contributed by atoms with Gasteiger partial charge < -0.3 is 14.8 Å². The third-order valence-electron chi connectivity index (χ3n) is 7.73. The molecule has 2 heterocycles. The molecule has 1 aliphatic carbocycles. The second kappa shape index (κ2) is 7.75. The summed E-state index contributed by atoms with van der Waals surface area (Å²) in [5.74, 6) is 0.656. The fourth-order valence-corrected chi connectivity index (χ4v) is 5.55. The zero-order chi connectivity index (χ0) is 22.6. The first-order chi connectivity index (χ1) is 15.3. The number of benzene rings is 2. The smallest absolute Gasteiger partial charge is 0.410 e. The summed E-state index contributed by atoms with van der Waals surface area (Å²) in [5.41, 5.74) is 0.594. The summed E-state index contributed by atoms with van der Waals surface area (Å²) in [6.45, 7) is 3.24. The molecule has 0 bridgehead atoms. The van der Waals surface area contributed by atoms with Crippen molar-refractivity contribution in [1.82, 2.24) is 10.6 Å². The van der Waals surface area contributed by atoms with E-state index in [-0.39, 0.29) is 29.3 Å². The van der Waals surface area contributed by atoms with Crippen molar-refractivity contribution in [1.29, 1.82) is 0 Å². The summed E-state index contributed by atoms with van der Waals surface area (Å²) >= 11 is 0. The van der Waals surface area contributed by atoms with Gasteiger partial charge in [-0.25, -0.2) is 0 Å². The SMILES string of the molecule is COc1cc2c(cc1C(C)(NCC13CC1CN[C@H]3c1ccccc1)C(F)(F)F)COCC2. The summed E-state index contributed by atoms with van der Waals surface area (Å²) in [5, 5.41) is 6.50. The Labute approximate surface area is 186 Å². The molecule has 4 atom stereocenters. The first kappa shape index (κ1) is 21.7. The Bertz CT molecular complexity index is 997. The summed E-state index contributed by atoms with van der Waals surface area (Å²) in [6, 6.07) is 13.4. The van der Waals surface area contributed by atoms with Crippen LogP contribution in [0.25, 0.3) is 0 Å². The number of hydrogen-bond donors (Lipinski definition) is 2. The molecular formula is C25H29F3N2O2. The standard InChI is InChI=1S/C25H29F3N2O2/c1-23(25(26,27)28,20-10-18-14-32-9-8-17(18)11-21(20)31-2)30-15-24-12-19(24)13-29-22(24)16-6-4-3-5-7-16/h3-7,10-11,19,22,29-30H,8-9,12-15H2,1-2H3/t19?,22-,23?,24?/m0/s1. The second-order valence-electron chi connectivity index (χ2n) is 9.49. The highest BCUT2D eigenvalue weighted by Gasteiger charge is 2.64. The van der Waals surface area contributed by atoms with Crippen molar-refractivity contribution in [2.75, 3.05) is 26.8 Å². The van der Waals surface area contributed by atoms with E-state index in [1.54, 1.807) is 12.1 Å². The summed E-state index contributed by atoms with van der Waals surface area (Å²) < 4.78 is 54.8. The largest absolute Gasteiger partial charge is 0.496 e. The number of hydrogen-bond acceptors (Lipinski definition) is 4. The molecule has 3 aliphatic rings. The van der Waals surface area contributed by atoms with Gasteiger partial charge in [0.1, 0.15) is 11.3 Å². The third-order valence-corrected chi connectivity index (χ3v) is 7.73. The van der Waals surface area contributed by atoms with Crippen LogP contribution in [-0.2, 0) is 23.3 Å². The van der Waals surface area contributed by atoms with Crippen LogP contribution in [-0.4, -0.2) is 33.0 Å². The van der Waals surface area contributed by atoms with Crippen LogP contribution in [0.1, 0.15) is 41.6 Å². The predicted molar refractivity (Wildman–Crippen MR) is 115 cm³/mol. The molecule has 2 N–H and O–H groups in total. The number of fused-ring (bicyclic) bond motifs is 2. The van der Waals surface area contributed by atoms with Crippen molar-refractivity contribution in [3.8, 4) is 5.75 Å². The van der Waals surface area contributed by atoms with Gasteiger partial charge in [0.05, 0.1) is 20.3 Å². The predicted octanol–water partition coefficient (Wildman–Crippen LogP) is 4.49. The van der Waals surface area contributed by atoms with E-state index in [1.807, 2.05) is 18.2 Å². The molecule has 0 amide bonds. The Hall–Kier alpha value is -2.09. The first-order valence-corrected chi connectivity index (χ1v) is 11.2. The van der Waals surface area contributed by atoms with E-state index in [0.29, 0.717) is 25.6 Å². The highest BCUT2D eigenvalue weighted by atomic mass is 19.4. The Morgan fingerprint density at radius 1 is 1.19 bits per heavy atom. The molecule has 7 heteroatoms. The van der Waals surface area contributed by atoms with Crippen molar-refractivity contribution in [2.45, 2.75) is 44.1 Å². The maximum atomic E-state index is 14.6. The van der Waals surface area contributed by atoms with Crippen molar-refractivity contribution >= 4 is 0 Å². The lowest BCUT2D eigenvalue weighted by Gasteiger charge is -2.38. The van der Waals surface area contributed by atoms with E-state index in [0.717, 1.165) is 29.7 Å². The van der Waals surface area contributed by atoms with Crippen molar-refractivity contribution in [3.63, 3.8) is 0 Å². The van der Waals surface area contributed by atoms with Gasteiger partial charge in [0.15, 0.2) is 0 Å². The summed E-state index contributed by atoms with van der Waals surface area (Å²) in [6.07, 6.45) is -2.90.